The zero-order chi connectivity index (χ0) is 9.97. The van der Waals surface area contributed by atoms with Gasteiger partial charge in [0, 0.05) is 30.7 Å². The summed E-state index contributed by atoms with van der Waals surface area (Å²) in [6.07, 6.45) is 5.43. The second kappa shape index (κ2) is 3.49. The number of nitrogens with zero attached hydrogens (tertiary/aromatic N) is 3. The normalized spacial score (nSPS) is 10.4. The van der Waals surface area contributed by atoms with Crippen molar-refractivity contribution in [3.05, 3.63) is 30.7 Å². The predicted octanol–water partition coefficient (Wildman–Crippen LogP) is 1.55. The van der Waals surface area contributed by atoms with Gasteiger partial charge in [0.15, 0.2) is 0 Å². The fourth-order valence-electron chi connectivity index (χ4n) is 1.41. The molecule has 0 amide bonds. The topological polar surface area (TPSA) is 56.7 Å². The lowest BCUT2D eigenvalue weighted by Crippen LogP contribution is -1.97. The van der Waals surface area contributed by atoms with Gasteiger partial charge in [0.2, 0.25) is 0 Å². The number of nitrogen functional groups attached to an aromatic ring is 1. The number of pyridine rings is 1. The standard InChI is InChI=1S/C10H12N4/c1-2-14-6-5-13-10(14)8-3-4-12-9(11)7-8/h3-7H,2H2,1H3,(H2,11,12). The molecule has 0 fully saturated rings. The predicted molar refractivity (Wildman–Crippen MR) is 55.5 cm³/mol. The highest BCUT2D eigenvalue weighted by molar-refractivity contribution is 5.58. The molecule has 0 aliphatic carbocycles. The third-order valence-electron chi connectivity index (χ3n) is 2.10. The Labute approximate surface area is 82.4 Å². The van der Waals surface area contributed by atoms with Crippen molar-refractivity contribution in [1.82, 2.24) is 14.5 Å². The Hall–Kier alpha value is -1.84. The van der Waals surface area contributed by atoms with Crippen LogP contribution in [0.4, 0.5) is 5.82 Å². The van der Waals surface area contributed by atoms with E-state index in [4.69, 9.17) is 5.73 Å². The van der Waals surface area contributed by atoms with Crippen molar-refractivity contribution in [2.75, 3.05) is 5.73 Å². The molecule has 0 atom stereocenters. The van der Waals surface area contributed by atoms with Crippen LogP contribution in [0.3, 0.4) is 0 Å². The minimum absolute atomic E-state index is 0.521. The number of aryl methyl sites for hydroxylation is 1. The van der Waals surface area contributed by atoms with Crippen molar-refractivity contribution in [2.45, 2.75) is 13.5 Å². The van der Waals surface area contributed by atoms with Gasteiger partial charge < -0.3 is 10.3 Å². The number of rotatable bonds is 2. The van der Waals surface area contributed by atoms with E-state index in [0.717, 1.165) is 17.9 Å². The Morgan fingerprint density at radius 1 is 1.36 bits per heavy atom. The van der Waals surface area contributed by atoms with Gasteiger partial charge in [-0.3, -0.25) is 0 Å². The molecular weight excluding hydrogens is 176 g/mol. The van der Waals surface area contributed by atoms with Crippen molar-refractivity contribution in [3.63, 3.8) is 0 Å². The zero-order valence-corrected chi connectivity index (χ0v) is 8.01. The maximum Gasteiger partial charge on any atom is 0.140 e. The summed E-state index contributed by atoms with van der Waals surface area (Å²) in [5, 5.41) is 0. The molecule has 2 N–H and O–H groups in total. The Bertz CT molecular complexity index is 433. The van der Waals surface area contributed by atoms with Gasteiger partial charge in [-0.1, -0.05) is 0 Å². The largest absolute Gasteiger partial charge is 0.384 e. The maximum atomic E-state index is 5.61. The van der Waals surface area contributed by atoms with E-state index in [1.807, 2.05) is 18.3 Å². The summed E-state index contributed by atoms with van der Waals surface area (Å²) in [7, 11) is 0. The zero-order valence-electron chi connectivity index (χ0n) is 8.01. The van der Waals surface area contributed by atoms with E-state index in [2.05, 4.69) is 21.5 Å². The molecule has 4 heteroatoms. The number of hydrogen-bond acceptors (Lipinski definition) is 3. The van der Waals surface area contributed by atoms with E-state index in [-0.39, 0.29) is 0 Å². The highest BCUT2D eigenvalue weighted by atomic mass is 15.1. The first-order valence-corrected chi connectivity index (χ1v) is 4.54. The summed E-state index contributed by atoms with van der Waals surface area (Å²) in [6.45, 7) is 2.98. The van der Waals surface area contributed by atoms with Crippen molar-refractivity contribution in [3.8, 4) is 11.4 Å². The quantitative estimate of drug-likeness (QED) is 0.777. The molecule has 0 bridgehead atoms. The van der Waals surface area contributed by atoms with Crippen LogP contribution in [0.2, 0.25) is 0 Å². The molecule has 2 aromatic rings. The van der Waals surface area contributed by atoms with Crippen molar-refractivity contribution in [1.29, 1.82) is 0 Å². The van der Waals surface area contributed by atoms with Crippen molar-refractivity contribution in [2.24, 2.45) is 0 Å². The number of hydrogen-bond donors (Lipinski definition) is 1. The van der Waals surface area contributed by atoms with Gasteiger partial charge in [0.1, 0.15) is 11.6 Å². The van der Waals surface area contributed by atoms with Gasteiger partial charge in [-0.05, 0) is 19.1 Å². The van der Waals surface area contributed by atoms with Gasteiger partial charge in [-0.25, -0.2) is 9.97 Å². The van der Waals surface area contributed by atoms with Crippen LogP contribution in [0.1, 0.15) is 6.92 Å². The molecule has 0 radical (unpaired) electrons. The highest BCUT2D eigenvalue weighted by Gasteiger charge is 2.04. The van der Waals surface area contributed by atoms with Crippen molar-refractivity contribution >= 4 is 5.82 Å². The molecule has 2 aromatic heterocycles. The molecule has 0 spiro atoms. The van der Waals surface area contributed by atoms with Crippen LogP contribution >= 0.6 is 0 Å². The molecule has 0 saturated carbocycles. The summed E-state index contributed by atoms with van der Waals surface area (Å²) >= 11 is 0. The molecule has 0 aliphatic rings. The third kappa shape index (κ3) is 1.46. The molecule has 0 aliphatic heterocycles. The second-order valence-electron chi connectivity index (χ2n) is 3.01. The van der Waals surface area contributed by atoms with Crippen LogP contribution in [-0.4, -0.2) is 14.5 Å². The van der Waals surface area contributed by atoms with Crippen LogP contribution < -0.4 is 5.73 Å². The van der Waals surface area contributed by atoms with E-state index in [0.29, 0.717) is 5.82 Å². The summed E-state index contributed by atoms with van der Waals surface area (Å²) in [5.74, 6) is 1.45. The van der Waals surface area contributed by atoms with Gasteiger partial charge in [-0.2, -0.15) is 0 Å². The molecule has 2 rings (SSSR count). The lowest BCUT2D eigenvalue weighted by molar-refractivity contribution is 0.770. The molecule has 14 heavy (non-hydrogen) atoms. The monoisotopic (exact) mass is 188 g/mol. The van der Waals surface area contributed by atoms with Gasteiger partial charge in [0.05, 0.1) is 0 Å². The lowest BCUT2D eigenvalue weighted by atomic mass is 10.2. The molecular formula is C10H12N4. The van der Waals surface area contributed by atoms with Gasteiger partial charge in [-0.15, -0.1) is 0 Å². The van der Waals surface area contributed by atoms with E-state index < -0.39 is 0 Å². The minimum atomic E-state index is 0.521. The first-order chi connectivity index (χ1) is 6.81. The van der Waals surface area contributed by atoms with Crippen molar-refractivity contribution < 1.29 is 0 Å². The second-order valence-corrected chi connectivity index (χ2v) is 3.01. The Balaban J connectivity index is 2.49. The minimum Gasteiger partial charge on any atom is -0.384 e. The fourth-order valence-corrected chi connectivity index (χ4v) is 1.41. The van der Waals surface area contributed by atoms with Crippen LogP contribution in [-0.2, 0) is 6.54 Å². The summed E-state index contributed by atoms with van der Waals surface area (Å²) in [6, 6.07) is 3.74. The molecule has 0 aromatic carbocycles. The molecule has 4 nitrogen and oxygen atoms in total. The molecule has 72 valence electrons. The number of nitrogens with two attached hydrogens (primary N) is 1. The smallest absolute Gasteiger partial charge is 0.140 e. The highest BCUT2D eigenvalue weighted by Crippen LogP contribution is 2.17. The summed E-state index contributed by atoms with van der Waals surface area (Å²) in [5.41, 5.74) is 6.61. The van der Waals surface area contributed by atoms with E-state index >= 15 is 0 Å². The first kappa shape index (κ1) is 8.74. The molecule has 0 saturated heterocycles. The van der Waals surface area contributed by atoms with Gasteiger partial charge in [0.25, 0.3) is 0 Å². The van der Waals surface area contributed by atoms with E-state index in [1.165, 1.54) is 0 Å². The van der Waals surface area contributed by atoms with E-state index in [1.54, 1.807) is 12.4 Å². The summed E-state index contributed by atoms with van der Waals surface area (Å²) < 4.78 is 2.06. The number of aromatic nitrogens is 3. The van der Waals surface area contributed by atoms with E-state index in [9.17, 15) is 0 Å². The Morgan fingerprint density at radius 2 is 2.21 bits per heavy atom. The van der Waals surface area contributed by atoms with Crippen LogP contribution in [0.5, 0.6) is 0 Å². The van der Waals surface area contributed by atoms with Gasteiger partial charge >= 0.3 is 0 Å². The summed E-state index contributed by atoms with van der Waals surface area (Å²) in [4.78, 5) is 8.22. The third-order valence-corrected chi connectivity index (χ3v) is 2.10. The first-order valence-electron chi connectivity index (χ1n) is 4.54. The number of anilines is 1. The average Bonchev–Trinajstić information content (AvgIpc) is 2.65. The van der Waals surface area contributed by atoms with Crippen LogP contribution in [0.25, 0.3) is 11.4 Å². The van der Waals surface area contributed by atoms with Crippen LogP contribution in [0, 0.1) is 0 Å². The Morgan fingerprint density at radius 3 is 2.93 bits per heavy atom. The van der Waals surface area contributed by atoms with Crippen LogP contribution in [0.15, 0.2) is 30.7 Å². The molecule has 2 heterocycles. The maximum absolute atomic E-state index is 5.61. The average molecular weight is 188 g/mol. The molecule has 0 unspecified atom stereocenters. The Kier molecular flexibility index (Phi) is 2.18. The SMILES string of the molecule is CCn1ccnc1-c1ccnc(N)c1. The number of imidazole rings is 1. The fraction of sp³-hybridized carbons (Fsp3) is 0.200. The lowest BCUT2D eigenvalue weighted by Gasteiger charge is -2.04.